The minimum absolute atomic E-state index is 0.209. The summed E-state index contributed by atoms with van der Waals surface area (Å²) < 4.78 is 22.7. The molecule has 0 unspecified atom stereocenters. The summed E-state index contributed by atoms with van der Waals surface area (Å²) in [6, 6.07) is 8.08. The van der Waals surface area contributed by atoms with E-state index in [0.29, 0.717) is 0 Å². The minimum Gasteiger partial charge on any atom is -0.200 e. The average Bonchev–Trinajstić information content (AvgIpc) is 2.16. The fourth-order valence-electron chi connectivity index (χ4n) is 0.774. The Balaban J connectivity index is 2.95. The Morgan fingerprint density at radius 3 is 2.46 bits per heavy atom. The van der Waals surface area contributed by atoms with Crippen LogP contribution in [0.15, 0.2) is 40.3 Å². The first-order valence-corrected chi connectivity index (χ1v) is 5.19. The number of rotatable bonds is 3. The second kappa shape index (κ2) is 4.04. The first kappa shape index (κ1) is 9.73. The standard InChI is InChI=1S/C8H10N2O2S/c1-2-9-10-13(11,12)8-6-4-3-5-7-8/h2-7,10H,1H3/b9-2-. The van der Waals surface area contributed by atoms with Crippen molar-refractivity contribution in [2.24, 2.45) is 5.10 Å². The van der Waals surface area contributed by atoms with Crippen molar-refractivity contribution in [1.29, 1.82) is 0 Å². The zero-order valence-corrected chi connectivity index (χ0v) is 7.95. The monoisotopic (exact) mass is 198 g/mol. The largest absolute Gasteiger partial charge is 0.276 e. The predicted molar refractivity (Wildman–Crippen MR) is 50.9 cm³/mol. The molecule has 4 nitrogen and oxygen atoms in total. The number of hydrazone groups is 1. The fourth-order valence-corrected chi connectivity index (χ4v) is 1.64. The normalized spacial score (nSPS) is 11.8. The van der Waals surface area contributed by atoms with E-state index >= 15 is 0 Å². The highest BCUT2D eigenvalue weighted by molar-refractivity contribution is 7.89. The highest BCUT2D eigenvalue weighted by Crippen LogP contribution is 2.06. The molecule has 5 heteroatoms. The molecule has 0 saturated heterocycles. The molecule has 1 N–H and O–H groups in total. The number of nitrogens with one attached hydrogen (secondary N) is 1. The molecular formula is C8H10N2O2S. The molecule has 1 rings (SSSR count). The Morgan fingerprint density at radius 1 is 1.31 bits per heavy atom. The van der Waals surface area contributed by atoms with Gasteiger partial charge in [0.05, 0.1) is 4.90 Å². The van der Waals surface area contributed by atoms with E-state index in [2.05, 4.69) is 9.93 Å². The van der Waals surface area contributed by atoms with Gasteiger partial charge in [-0.25, -0.2) is 4.83 Å². The van der Waals surface area contributed by atoms with Crippen LogP contribution in [0.4, 0.5) is 0 Å². The van der Waals surface area contributed by atoms with E-state index < -0.39 is 10.0 Å². The summed E-state index contributed by atoms with van der Waals surface area (Å²) >= 11 is 0. The van der Waals surface area contributed by atoms with Gasteiger partial charge in [0.1, 0.15) is 0 Å². The van der Waals surface area contributed by atoms with Crippen LogP contribution in [0.1, 0.15) is 6.92 Å². The van der Waals surface area contributed by atoms with Crippen molar-refractivity contribution in [2.75, 3.05) is 0 Å². The van der Waals surface area contributed by atoms with Gasteiger partial charge in [0.2, 0.25) is 0 Å². The van der Waals surface area contributed by atoms with E-state index in [-0.39, 0.29) is 4.90 Å². The highest BCUT2D eigenvalue weighted by Gasteiger charge is 2.10. The van der Waals surface area contributed by atoms with Crippen molar-refractivity contribution in [3.05, 3.63) is 30.3 Å². The number of hydrogen-bond acceptors (Lipinski definition) is 3. The fraction of sp³-hybridized carbons (Fsp3) is 0.125. The first-order valence-electron chi connectivity index (χ1n) is 3.71. The summed E-state index contributed by atoms with van der Waals surface area (Å²) in [5.41, 5.74) is 0. The van der Waals surface area contributed by atoms with Gasteiger partial charge in [-0.3, -0.25) is 0 Å². The number of nitrogens with zero attached hydrogens (tertiary/aromatic N) is 1. The lowest BCUT2D eigenvalue weighted by Crippen LogP contribution is -2.17. The number of benzene rings is 1. The lowest BCUT2D eigenvalue weighted by atomic mass is 10.4. The zero-order chi connectivity index (χ0) is 9.73. The quantitative estimate of drug-likeness (QED) is 0.581. The maximum absolute atomic E-state index is 11.4. The van der Waals surface area contributed by atoms with Crippen LogP contribution >= 0.6 is 0 Å². The molecule has 0 amide bonds. The molecule has 0 spiro atoms. The summed E-state index contributed by atoms with van der Waals surface area (Å²) in [7, 11) is -3.47. The van der Waals surface area contributed by atoms with Gasteiger partial charge >= 0.3 is 0 Å². The van der Waals surface area contributed by atoms with Crippen LogP contribution in [0.3, 0.4) is 0 Å². The van der Waals surface area contributed by atoms with Gasteiger partial charge in [0, 0.05) is 6.21 Å². The molecule has 70 valence electrons. The van der Waals surface area contributed by atoms with Crippen molar-refractivity contribution in [1.82, 2.24) is 4.83 Å². The molecule has 0 aliphatic rings. The van der Waals surface area contributed by atoms with Crippen LogP contribution < -0.4 is 4.83 Å². The molecule has 0 aliphatic carbocycles. The predicted octanol–water partition coefficient (Wildman–Crippen LogP) is 0.971. The topological polar surface area (TPSA) is 58.5 Å². The van der Waals surface area contributed by atoms with Crippen LogP contribution in [-0.4, -0.2) is 14.6 Å². The molecule has 0 aromatic heterocycles. The van der Waals surface area contributed by atoms with Crippen LogP contribution in [0, 0.1) is 0 Å². The summed E-state index contributed by atoms with van der Waals surface area (Å²) in [4.78, 5) is 2.28. The van der Waals surface area contributed by atoms with Crippen molar-refractivity contribution in [2.45, 2.75) is 11.8 Å². The van der Waals surface area contributed by atoms with Gasteiger partial charge < -0.3 is 0 Å². The summed E-state index contributed by atoms with van der Waals surface area (Å²) in [5.74, 6) is 0. The van der Waals surface area contributed by atoms with Crippen molar-refractivity contribution >= 4 is 16.2 Å². The molecule has 0 saturated carbocycles. The molecule has 1 aromatic carbocycles. The van der Waals surface area contributed by atoms with Crippen LogP contribution in [0.2, 0.25) is 0 Å². The van der Waals surface area contributed by atoms with Gasteiger partial charge in [-0.15, -0.1) is 0 Å². The third-order valence-corrected chi connectivity index (χ3v) is 2.59. The lowest BCUT2D eigenvalue weighted by Gasteiger charge is -2.01. The molecule has 0 heterocycles. The third kappa shape index (κ3) is 2.55. The smallest absolute Gasteiger partial charge is 0.200 e. The van der Waals surface area contributed by atoms with Gasteiger partial charge in [0.15, 0.2) is 0 Å². The minimum atomic E-state index is -3.47. The summed E-state index contributed by atoms with van der Waals surface area (Å²) in [5, 5.41) is 3.46. The molecule has 0 atom stereocenters. The van der Waals surface area contributed by atoms with Crippen molar-refractivity contribution in [3.8, 4) is 0 Å². The molecule has 13 heavy (non-hydrogen) atoms. The van der Waals surface area contributed by atoms with E-state index in [0.717, 1.165) is 0 Å². The van der Waals surface area contributed by atoms with Gasteiger partial charge in [-0.1, -0.05) is 18.2 Å². The van der Waals surface area contributed by atoms with E-state index in [1.807, 2.05) is 0 Å². The SMILES string of the molecule is C/C=N\NS(=O)(=O)c1ccccc1. The van der Waals surface area contributed by atoms with Crippen LogP contribution in [-0.2, 0) is 10.0 Å². The molecule has 0 aliphatic heterocycles. The van der Waals surface area contributed by atoms with Crippen LogP contribution in [0.25, 0.3) is 0 Å². The van der Waals surface area contributed by atoms with Crippen molar-refractivity contribution in [3.63, 3.8) is 0 Å². The molecule has 0 bridgehead atoms. The molecule has 0 fully saturated rings. The maximum atomic E-state index is 11.4. The average molecular weight is 198 g/mol. The van der Waals surface area contributed by atoms with E-state index in [9.17, 15) is 8.42 Å². The Morgan fingerprint density at radius 2 is 1.92 bits per heavy atom. The second-order valence-electron chi connectivity index (χ2n) is 2.30. The lowest BCUT2D eigenvalue weighted by molar-refractivity contribution is 0.584. The summed E-state index contributed by atoms with van der Waals surface area (Å²) in [6.45, 7) is 1.63. The maximum Gasteiger partial charge on any atom is 0.276 e. The summed E-state index contributed by atoms with van der Waals surface area (Å²) in [6.07, 6.45) is 1.38. The molecule has 1 aromatic rings. The molecular weight excluding hydrogens is 188 g/mol. The van der Waals surface area contributed by atoms with E-state index in [1.165, 1.54) is 18.3 Å². The van der Waals surface area contributed by atoms with E-state index in [4.69, 9.17) is 0 Å². The van der Waals surface area contributed by atoms with Gasteiger partial charge in [0.25, 0.3) is 10.0 Å². The van der Waals surface area contributed by atoms with Gasteiger partial charge in [-0.2, -0.15) is 13.5 Å². The Kier molecular flexibility index (Phi) is 3.02. The highest BCUT2D eigenvalue weighted by atomic mass is 32.2. The Hall–Kier alpha value is -1.36. The third-order valence-electron chi connectivity index (χ3n) is 1.36. The Labute approximate surface area is 77.3 Å². The number of sulfonamides is 1. The van der Waals surface area contributed by atoms with Crippen LogP contribution in [0.5, 0.6) is 0 Å². The number of hydrogen-bond donors (Lipinski definition) is 1. The van der Waals surface area contributed by atoms with Gasteiger partial charge in [-0.05, 0) is 19.1 Å². The molecule has 0 radical (unpaired) electrons. The Bertz CT molecular complexity index is 384. The zero-order valence-electron chi connectivity index (χ0n) is 7.14. The second-order valence-corrected chi connectivity index (χ2v) is 3.96. The first-order chi connectivity index (χ1) is 6.17. The van der Waals surface area contributed by atoms with Crippen molar-refractivity contribution < 1.29 is 8.42 Å². The van der Waals surface area contributed by atoms with E-state index in [1.54, 1.807) is 25.1 Å².